The van der Waals surface area contributed by atoms with Crippen molar-refractivity contribution in [2.45, 2.75) is 32.2 Å². The number of nitrogens with zero attached hydrogens (tertiary/aromatic N) is 4. The van der Waals surface area contributed by atoms with Gasteiger partial charge in [-0.15, -0.1) is 0 Å². The summed E-state index contributed by atoms with van der Waals surface area (Å²) in [5.41, 5.74) is 4.85. The first-order valence-electron chi connectivity index (χ1n) is 9.40. The average molecular weight is 363 g/mol. The molecule has 27 heavy (non-hydrogen) atoms. The van der Waals surface area contributed by atoms with Crippen LogP contribution >= 0.6 is 0 Å². The number of aliphatic hydroxyl groups is 1. The summed E-state index contributed by atoms with van der Waals surface area (Å²) in [4.78, 5) is 6.37. The topological polar surface area (TPSA) is 66.2 Å². The van der Waals surface area contributed by atoms with E-state index in [2.05, 4.69) is 56.7 Å². The van der Waals surface area contributed by atoms with Crippen molar-refractivity contribution < 1.29 is 5.11 Å². The molecule has 4 rings (SSSR count). The van der Waals surface area contributed by atoms with Crippen molar-refractivity contribution >= 4 is 0 Å². The van der Waals surface area contributed by atoms with E-state index in [1.807, 2.05) is 12.1 Å². The van der Waals surface area contributed by atoms with E-state index in [0.29, 0.717) is 0 Å². The molecule has 2 aromatic carbocycles. The Hall–Kier alpha value is -2.54. The standard InChI is InChI=1S/C21H25N5O/c27-20-9-10-25(14-20)13-19-7-2-1-5-17(19)11-22-12-18-6-3-4-8-21(18)26-16-23-15-24-26/h1-8,15-16,20,22,27H,9-14H2. The van der Waals surface area contributed by atoms with Gasteiger partial charge in [-0.05, 0) is 29.2 Å². The van der Waals surface area contributed by atoms with Crippen molar-refractivity contribution in [3.05, 3.63) is 77.9 Å². The zero-order chi connectivity index (χ0) is 18.5. The monoisotopic (exact) mass is 363 g/mol. The van der Waals surface area contributed by atoms with E-state index in [1.165, 1.54) is 16.7 Å². The lowest BCUT2D eigenvalue weighted by atomic mass is 10.1. The van der Waals surface area contributed by atoms with Crippen molar-refractivity contribution in [1.82, 2.24) is 25.0 Å². The van der Waals surface area contributed by atoms with Gasteiger partial charge < -0.3 is 10.4 Å². The third kappa shape index (κ3) is 4.42. The Morgan fingerprint density at radius 2 is 1.74 bits per heavy atom. The van der Waals surface area contributed by atoms with Gasteiger partial charge in [-0.1, -0.05) is 42.5 Å². The Bertz CT molecular complexity index is 865. The minimum Gasteiger partial charge on any atom is -0.392 e. The number of benzene rings is 2. The average Bonchev–Trinajstić information content (AvgIpc) is 3.36. The summed E-state index contributed by atoms with van der Waals surface area (Å²) in [6.45, 7) is 4.19. The van der Waals surface area contributed by atoms with Crippen molar-refractivity contribution in [1.29, 1.82) is 0 Å². The molecule has 6 nitrogen and oxygen atoms in total. The Morgan fingerprint density at radius 1 is 1.00 bits per heavy atom. The lowest BCUT2D eigenvalue weighted by Crippen LogP contribution is -2.23. The first-order chi connectivity index (χ1) is 13.3. The second-order valence-corrected chi connectivity index (χ2v) is 7.02. The summed E-state index contributed by atoms with van der Waals surface area (Å²) in [5, 5.41) is 17.6. The van der Waals surface area contributed by atoms with Crippen LogP contribution in [0.1, 0.15) is 23.1 Å². The third-order valence-electron chi connectivity index (χ3n) is 5.05. The summed E-state index contributed by atoms with van der Waals surface area (Å²) < 4.78 is 1.80. The molecule has 2 N–H and O–H groups in total. The molecule has 1 fully saturated rings. The van der Waals surface area contributed by atoms with E-state index in [1.54, 1.807) is 17.3 Å². The predicted molar refractivity (Wildman–Crippen MR) is 104 cm³/mol. The van der Waals surface area contributed by atoms with Crippen LogP contribution in [0.25, 0.3) is 5.69 Å². The number of hydrogen-bond donors (Lipinski definition) is 2. The molecule has 1 aromatic heterocycles. The van der Waals surface area contributed by atoms with Gasteiger partial charge in [0.1, 0.15) is 12.7 Å². The van der Waals surface area contributed by atoms with Gasteiger partial charge >= 0.3 is 0 Å². The fourth-order valence-electron chi connectivity index (χ4n) is 3.63. The van der Waals surface area contributed by atoms with Crippen LogP contribution in [0.2, 0.25) is 0 Å². The molecule has 0 aliphatic carbocycles. The van der Waals surface area contributed by atoms with Gasteiger partial charge in [0.2, 0.25) is 0 Å². The number of para-hydroxylation sites is 1. The fourth-order valence-corrected chi connectivity index (χ4v) is 3.63. The molecule has 1 aliphatic rings. The van der Waals surface area contributed by atoms with Gasteiger partial charge in [-0.3, -0.25) is 4.90 Å². The highest BCUT2D eigenvalue weighted by Crippen LogP contribution is 2.17. The number of β-amino-alcohol motifs (C(OH)–C–C–N with tert-alkyl or cyclic N) is 1. The maximum absolute atomic E-state index is 9.75. The van der Waals surface area contributed by atoms with Crippen molar-refractivity contribution in [2.75, 3.05) is 13.1 Å². The quantitative estimate of drug-likeness (QED) is 0.673. The summed E-state index contributed by atoms with van der Waals surface area (Å²) in [6, 6.07) is 16.8. The number of rotatable bonds is 7. The van der Waals surface area contributed by atoms with E-state index in [9.17, 15) is 5.11 Å². The van der Waals surface area contributed by atoms with Crippen molar-refractivity contribution in [3.8, 4) is 5.69 Å². The minimum atomic E-state index is -0.177. The molecule has 1 saturated heterocycles. The lowest BCUT2D eigenvalue weighted by Gasteiger charge is -2.18. The lowest BCUT2D eigenvalue weighted by molar-refractivity contribution is 0.174. The molecule has 2 heterocycles. The maximum Gasteiger partial charge on any atom is 0.138 e. The van der Waals surface area contributed by atoms with E-state index in [4.69, 9.17) is 0 Å². The number of likely N-dealkylation sites (tertiary alicyclic amines) is 1. The van der Waals surface area contributed by atoms with E-state index in [0.717, 1.165) is 44.8 Å². The van der Waals surface area contributed by atoms with Gasteiger partial charge in [-0.25, -0.2) is 9.67 Å². The highest BCUT2D eigenvalue weighted by molar-refractivity contribution is 5.39. The SMILES string of the molecule is OC1CCN(Cc2ccccc2CNCc2ccccc2-n2cncn2)C1. The molecule has 140 valence electrons. The second kappa shape index (κ2) is 8.43. The number of aromatic nitrogens is 3. The zero-order valence-corrected chi connectivity index (χ0v) is 15.3. The van der Waals surface area contributed by atoms with Gasteiger partial charge in [-0.2, -0.15) is 5.10 Å². The number of nitrogens with one attached hydrogen (secondary N) is 1. The molecule has 3 aromatic rings. The van der Waals surface area contributed by atoms with Crippen LogP contribution < -0.4 is 5.32 Å². The summed E-state index contributed by atoms with van der Waals surface area (Å²) in [6.07, 6.45) is 3.97. The maximum atomic E-state index is 9.75. The molecule has 1 atom stereocenters. The van der Waals surface area contributed by atoms with Crippen LogP contribution in [0.5, 0.6) is 0 Å². The number of hydrogen-bond acceptors (Lipinski definition) is 5. The highest BCUT2D eigenvalue weighted by Gasteiger charge is 2.20. The Kier molecular flexibility index (Phi) is 5.58. The molecule has 0 saturated carbocycles. The molecule has 6 heteroatoms. The molecule has 0 spiro atoms. The van der Waals surface area contributed by atoms with Crippen LogP contribution in [-0.4, -0.2) is 44.0 Å². The minimum absolute atomic E-state index is 0.177. The van der Waals surface area contributed by atoms with Gasteiger partial charge in [0.25, 0.3) is 0 Å². The molecule has 1 unspecified atom stereocenters. The second-order valence-electron chi connectivity index (χ2n) is 7.02. The first-order valence-corrected chi connectivity index (χ1v) is 9.40. The van der Waals surface area contributed by atoms with E-state index < -0.39 is 0 Å². The third-order valence-corrected chi connectivity index (χ3v) is 5.05. The first kappa shape index (κ1) is 17.9. The number of aliphatic hydroxyl groups excluding tert-OH is 1. The Balaban J connectivity index is 1.40. The van der Waals surface area contributed by atoms with Gasteiger partial charge in [0.05, 0.1) is 11.8 Å². The molecule has 0 amide bonds. The Labute approximate surface area is 159 Å². The molecular weight excluding hydrogens is 338 g/mol. The highest BCUT2D eigenvalue weighted by atomic mass is 16.3. The van der Waals surface area contributed by atoms with E-state index in [-0.39, 0.29) is 6.10 Å². The van der Waals surface area contributed by atoms with Gasteiger partial charge in [0.15, 0.2) is 0 Å². The van der Waals surface area contributed by atoms with Crippen molar-refractivity contribution in [2.24, 2.45) is 0 Å². The summed E-state index contributed by atoms with van der Waals surface area (Å²) in [7, 11) is 0. The van der Waals surface area contributed by atoms with Crippen LogP contribution in [0.15, 0.2) is 61.2 Å². The zero-order valence-electron chi connectivity index (χ0n) is 15.3. The molecule has 1 aliphatic heterocycles. The summed E-state index contributed by atoms with van der Waals surface area (Å²) in [5.74, 6) is 0. The largest absolute Gasteiger partial charge is 0.392 e. The normalized spacial score (nSPS) is 17.4. The summed E-state index contributed by atoms with van der Waals surface area (Å²) >= 11 is 0. The molecule has 0 bridgehead atoms. The molecule has 0 radical (unpaired) electrons. The van der Waals surface area contributed by atoms with E-state index >= 15 is 0 Å². The van der Waals surface area contributed by atoms with Crippen LogP contribution in [0, 0.1) is 0 Å². The smallest absolute Gasteiger partial charge is 0.138 e. The fraction of sp³-hybridized carbons (Fsp3) is 0.333. The molecular formula is C21H25N5O. The van der Waals surface area contributed by atoms with Crippen LogP contribution in [-0.2, 0) is 19.6 Å². The Morgan fingerprint density at radius 3 is 2.48 bits per heavy atom. The van der Waals surface area contributed by atoms with Gasteiger partial charge in [0, 0.05) is 32.7 Å². The predicted octanol–water partition coefficient (Wildman–Crippen LogP) is 2.12. The van der Waals surface area contributed by atoms with Crippen molar-refractivity contribution in [3.63, 3.8) is 0 Å². The van der Waals surface area contributed by atoms with Crippen LogP contribution in [0.4, 0.5) is 0 Å². The van der Waals surface area contributed by atoms with Crippen LogP contribution in [0.3, 0.4) is 0 Å².